The van der Waals surface area contributed by atoms with Crippen LogP contribution in [0.1, 0.15) is 49.3 Å². The Labute approximate surface area is 236 Å². The van der Waals surface area contributed by atoms with Crippen molar-refractivity contribution in [1.29, 1.82) is 0 Å². The summed E-state index contributed by atoms with van der Waals surface area (Å²) >= 11 is 0. The van der Waals surface area contributed by atoms with Crippen LogP contribution in [-0.4, -0.2) is 92.3 Å². The first-order chi connectivity index (χ1) is 19.2. The zero-order chi connectivity index (χ0) is 30.5. The third-order valence-corrected chi connectivity index (χ3v) is 8.28. The van der Waals surface area contributed by atoms with Gasteiger partial charge in [0.2, 0.25) is 5.78 Å². The number of fused-ring (bicyclic) bond motifs is 3. The SMILES string of the molecule is CCCCOC(=O)/C=C/c1ccc(O)c2c1[C@H](C)[C@@H]1C(=C2O)C(=O)[C@]2(O)C(O)=C(C(N)=O)C(=O)[C@@H](N(C)C)[C@H]2[C@@H]1O. The van der Waals surface area contributed by atoms with Crippen LogP contribution in [0.4, 0.5) is 0 Å². The minimum absolute atomic E-state index is 0.164. The number of likely N-dealkylation sites (N-methyl/N-ethyl adjacent to an activating group) is 1. The Bertz CT molecular complexity index is 1420. The van der Waals surface area contributed by atoms with E-state index >= 15 is 0 Å². The maximum absolute atomic E-state index is 14.0. The number of esters is 1. The summed E-state index contributed by atoms with van der Waals surface area (Å²) in [7, 11) is 2.87. The summed E-state index contributed by atoms with van der Waals surface area (Å²) < 4.78 is 5.14. The second-order valence-corrected chi connectivity index (χ2v) is 10.9. The first kappa shape index (κ1) is 30.0. The Morgan fingerprint density at radius 1 is 1.17 bits per heavy atom. The number of phenolic OH excluding ortho intramolecular Hbond substituents is 1. The van der Waals surface area contributed by atoms with Crippen LogP contribution in [0.3, 0.4) is 0 Å². The van der Waals surface area contributed by atoms with Gasteiger partial charge in [0.1, 0.15) is 22.8 Å². The molecule has 220 valence electrons. The molecule has 7 N–H and O–H groups in total. The average molecular weight is 571 g/mol. The number of hydrogen-bond acceptors (Lipinski definition) is 11. The molecule has 0 radical (unpaired) electrons. The van der Waals surface area contributed by atoms with Crippen LogP contribution < -0.4 is 5.73 Å². The summed E-state index contributed by atoms with van der Waals surface area (Å²) in [5.74, 6) is -10.4. The molecular formula is C29H34N2O10. The maximum Gasteiger partial charge on any atom is 0.330 e. The molecule has 1 saturated carbocycles. The summed E-state index contributed by atoms with van der Waals surface area (Å²) in [4.78, 5) is 52.9. The lowest BCUT2D eigenvalue weighted by Crippen LogP contribution is -2.70. The molecule has 1 aromatic rings. The van der Waals surface area contributed by atoms with E-state index in [4.69, 9.17) is 10.5 Å². The number of carbonyl (C=O) groups is 4. The van der Waals surface area contributed by atoms with E-state index < -0.39 is 87.4 Å². The number of ether oxygens (including phenoxy) is 1. The van der Waals surface area contributed by atoms with Crippen LogP contribution in [0.5, 0.6) is 5.75 Å². The lowest BCUT2D eigenvalue weighted by atomic mass is 9.54. The molecule has 0 unspecified atom stereocenters. The van der Waals surface area contributed by atoms with Crippen LogP contribution in [0.25, 0.3) is 11.8 Å². The summed E-state index contributed by atoms with van der Waals surface area (Å²) in [6, 6.07) is 1.29. The maximum atomic E-state index is 14.0. The van der Waals surface area contributed by atoms with Crippen molar-refractivity contribution in [2.75, 3.05) is 20.7 Å². The molecule has 0 heterocycles. The Kier molecular flexibility index (Phi) is 7.87. The van der Waals surface area contributed by atoms with Gasteiger partial charge in [-0.05, 0) is 49.7 Å². The number of aliphatic hydroxyl groups is 4. The number of rotatable bonds is 7. The third-order valence-electron chi connectivity index (χ3n) is 8.28. The number of primary amides is 1. The summed E-state index contributed by atoms with van der Waals surface area (Å²) in [5.41, 5.74) is 1.38. The molecule has 1 aromatic carbocycles. The number of benzene rings is 1. The van der Waals surface area contributed by atoms with Crippen molar-refractivity contribution in [3.8, 4) is 5.75 Å². The second kappa shape index (κ2) is 10.8. The molecule has 0 spiro atoms. The Morgan fingerprint density at radius 2 is 1.83 bits per heavy atom. The van der Waals surface area contributed by atoms with Gasteiger partial charge in [0.15, 0.2) is 11.4 Å². The Morgan fingerprint density at radius 3 is 2.41 bits per heavy atom. The van der Waals surface area contributed by atoms with Crippen LogP contribution in [0, 0.1) is 11.8 Å². The number of aromatic hydroxyl groups is 1. The summed E-state index contributed by atoms with van der Waals surface area (Å²) in [6.07, 6.45) is 2.42. The highest BCUT2D eigenvalue weighted by atomic mass is 16.5. The van der Waals surface area contributed by atoms with Gasteiger partial charge in [-0.15, -0.1) is 0 Å². The standard InChI is InChI=1S/C29H34N2O10/c1-5-6-11-41-15(33)10-8-13-7-9-14(32)18-16(13)12(2)17-19(23(18)34)26(37)29(40)21(24(17)35)22(31(3)4)25(36)20(27(29)38)28(30)39/h7-10,12,17,21-22,24,32,34-35,38,40H,5-6,11H2,1-4H3,(H2,30,39)/b10-8+/t12-,17+,21-,22-,24+,29-/m0/s1. The van der Waals surface area contributed by atoms with E-state index in [9.17, 15) is 44.7 Å². The number of Topliss-reactive ketones (excluding diaryl/α,β-unsaturated/α-hetero) is 2. The Balaban J connectivity index is 1.93. The zero-order valence-electron chi connectivity index (χ0n) is 23.1. The van der Waals surface area contributed by atoms with Crippen LogP contribution in [0.2, 0.25) is 0 Å². The number of amides is 1. The fourth-order valence-electron chi connectivity index (χ4n) is 6.40. The van der Waals surface area contributed by atoms with Gasteiger partial charge >= 0.3 is 5.97 Å². The van der Waals surface area contributed by atoms with E-state index in [1.807, 2.05) is 6.92 Å². The minimum atomic E-state index is -2.99. The van der Waals surface area contributed by atoms with E-state index in [1.54, 1.807) is 6.92 Å². The summed E-state index contributed by atoms with van der Waals surface area (Å²) in [6.45, 7) is 3.81. The van der Waals surface area contributed by atoms with Gasteiger partial charge in [0.25, 0.3) is 5.91 Å². The van der Waals surface area contributed by atoms with Crippen molar-refractivity contribution in [3.05, 3.63) is 51.8 Å². The van der Waals surface area contributed by atoms with E-state index in [1.165, 1.54) is 43.3 Å². The minimum Gasteiger partial charge on any atom is -0.508 e. The fourth-order valence-corrected chi connectivity index (χ4v) is 6.40. The average Bonchev–Trinajstić information content (AvgIpc) is 2.89. The lowest BCUT2D eigenvalue weighted by molar-refractivity contribution is -0.169. The van der Waals surface area contributed by atoms with Crippen LogP contribution >= 0.6 is 0 Å². The molecule has 41 heavy (non-hydrogen) atoms. The number of aliphatic hydroxyl groups excluding tert-OH is 3. The molecule has 1 fully saturated rings. The second-order valence-electron chi connectivity index (χ2n) is 10.9. The predicted octanol–water partition coefficient (Wildman–Crippen LogP) is 0.852. The fraction of sp³-hybridized carbons (Fsp3) is 0.448. The van der Waals surface area contributed by atoms with Gasteiger partial charge in [-0.1, -0.05) is 26.3 Å². The molecular weight excluding hydrogens is 536 g/mol. The van der Waals surface area contributed by atoms with Gasteiger partial charge in [-0.3, -0.25) is 19.3 Å². The number of phenols is 1. The monoisotopic (exact) mass is 570 g/mol. The summed E-state index contributed by atoms with van der Waals surface area (Å²) in [5, 5.41) is 56.5. The lowest BCUT2D eigenvalue weighted by Gasteiger charge is -2.53. The topological polar surface area (TPSA) is 208 Å². The highest BCUT2D eigenvalue weighted by Crippen LogP contribution is 2.56. The number of nitrogens with zero attached hydrogens (tertiary/aromatic N) is 1. The third kappa shape index (κ3) is 4.42. The number of ketones is 2. The van der Waals surface area contributed by atoms with Crippen molar-refractivity contribution in [3.63, 3.8) is 0 Å². The molecule has 4 rings (SSSR count). The van der Waals surface area contributed by atoms with Crippen molar-refractivity contribution in [1.82, 2.24) is 4.90 Å². The first-order valence-corrected chi connectivity index (χ1v) is 13.2. The van der Waals surface area contributed by atoms with E-state index in [0.717, 1.165) is 6.42 Å². The van der Waals surface area contributed by atoms with Crippen molar-refractivity contribution in [2.24, 2.45) is 17.6 Å². The van der Waals surface area contributed by atoms with E-state index in [0.29, 0.717) is 17.5 Å². The van der Waals surface area contributed by atoms with Gasteiger partial charge < -0.3 is 36.0 Å². The molecule has 0 aromatic heterocycles. The number of unbranched alkanes of at least 4 members (excludes halogenated alkanes) is 1. The molecule has 0 aliphatic heterocycles. The largest absolute Gasteiger partial charge is 0.508 e. The molecule has 6 atom stereocenters. The number of hydrogen-bond donors (Lipinski definition) is 6. The van der Waals surface area contributed by atoms with Gasteiger partial charge in [0.05, 0.1) is 30.2 Å². The van der Waals surface area contributed by atoms with Crippen LogP contribution in [-0.2, 0) is 23.9 Å². The molecule has 3 aliphatic rings. The molecule has 0 bridgehead atoms. The van der Waals surface area contributed by atoms with Crippen molar-refractivity contribution in [2.45, 2.75) is 50.4 Å². The smallest absolute Gasteiger partial charge is 0.330 e. The highest BCUT2D eigenvalue weighted by Gasteiger charge is 2.68. The van der Waals surface area contributed by atoms with Gasteiger partial charge in [-0.2, -0.15) is 0 Å². The molecule has 12 nitrogen and oxygen atoms in total. The Hall–Kier alpha value is -4.00. The van der Waals surface area contributed by atoms with Gasteiger partial charge in [0, 0.05) is 17.6 Å². The van der Waals surface area contributed by atoms with Crippen molar-refractivity contribution < 1.29 is 49.4 Å². The normalized spacial score (nSPS) is 29.5. The molecule has 0 saturated heterocycles. The van der Waals surface area contributed by atoms with Crippen molar-refractivity contribution >= 4 is 35.3 Å². The molecule has 12 heteroatoms. The van der Waals surface area contributed by atoms with Crippen LogP contribution in [0.15, 0.2) is 35.1 Å². The molecule has 1 amide bonds. The number of carbonyl (C=O) groups excluding carboxylic acids is 4. The zero-order valence-corrected chi connectivity index (χ0v) is 23.1. The van der Waals surface area contributed by atoms with E-state index in [-0.39, 0.29) is 12.2 Å². The molecule has 3 aliphatic carbocycles. The highest BCUT2D eigenvalue weighted by molar-refractivity contribution is 6.24. The quantitative estimate of drug-likeness (QED) is 0.117. The first-order valence-electron chi connectivity index (χ1n) is 13.2. The van der Waals surface area contributed by atoms with E-state index in [2.05, 4.69) is 0 Å². The number of nitrogens with two attached hydrogens (primary N) is 1. The predicted molar refractivity (Wildman–Crippen MR) is 145 cm³/mol. The van der Waals surface area contributed by atoms with Gasteiger partial charge in [-0.25, -0.2) is 4.79 Å².